The molecule has 0 aromatic carbocycles. The second-order valence-electron chi connectivity index (χ2n) is 6.72. The highest BCUT2D eigenvalue weighted by Gasteiger charge is 1.94. The monoisotopic (exact) mass is 294 g/mol. The summed E-state index contributed by atoms with van der Waals surface area (Å²) in [4.78, 5) is 0. The molecular formula is C21H42. The van der Waals surface area contributed by atoms with Gasteiger partial charge in [-0.15, -0.1) is 0 Å². The highest BCUT2D eigenvalue weighted by atomic mass is 14.0. The van der Waals surface area contributed by atoms with Crippen molar-refractivity contribution in [1.82, 2.24) is 0 Å². The highest BCUT2D eigenvalue weighted by Crippen LogP contribution is 2.14. The van der Waals surface area contributed by atoms with Gasteiger partial charge in [0.25, 0.3) is 0 Å². The molecule has 2 radical (unpaired) electrons. The van der Waals surface area contributed by atoms with Crippen molar-refractivity contribution in [1.29, 1.82) is 0 Å². The number of hydrogen-bond donors (Lipinski definition) is 0. The fraction of sp³-hybridized carbons (Fsp3) is 0.905. The van der Waals surface area contributed by atoms with Crippen LogP contribution in [0.15, 0.2) is 0 Å². The Morgan fingerprint density at radius 3 is 0.524 bits per heavy atom. The lowest BCUT2D eigenvalue weighted by atomic mass is 10.0. The van der Waals surface area contributed by atoms with Gasteiger partial charge in [-0.1, -0.05) is 136 Å². The molecule has 0 heteroatoms. The van der Waals surface area contributed by atoms with Gasteiger partial charge in [0.1, 0.15) is 0 Å². The number of unbranched alkanes of at least 4 members (excludes halogenated alkanes) is 18. The molecule has 0 saturated heterocycles. The van der Waals surface area contributed by atoms with Crippen LogP contribution in [0.2, 0.25) is 0 Å². The molecule has 0 atom stereocenters. The third-order valence-electron chi connectivity index (χ3n) is 4.50. The van der Waals surface area contributed by atoms with Gasteiger partial charge in [-0.25, -0.2) is 0 Å². The first kappa shape index (κ1) is 21.0. The van der Waals surface area contributed by atoms with Gasteiger partial charge in [-0.05, 0) is 0 Å². The van der Waals surface area contributed by atoms with Crippen molar-refractivity contribution in [2.24, 2.45) is 0 Å². The smallest absolute Gasteiger partial charge is 0.0533 e. The van der Waals surface area contributed by atoms with E-state index in [2.05, 4.69) is 13.8 Å². The first-order chi connectivity index (χ1) is 10.4. The van der Waals surface area contributed by atoms with Crippen LogP contribution in [0, 0.1) is 13.8 Å². The second-order valence-corrected chi connectivity index (χ2v) is 6.72. The van der Waals surface area contributed by atoms with Crippen LogP contribution >= 0.6 is 0 Å². The average molecular weight is 295 g/mol. The lowest BCUT2D eigenvalue weighted by Gasteiger charge is -2.03. The molecule has 0 aliphatic carbocycles. The van der Waals surface area contributed by atoms with Gasteiger partial charge in [0, 0.05) is 0 Å². The second kappa shape index (κ2) is 20.0. The zero-order valence-electron chi connectivity index (χ0n) is 14.8. The molecule has 0 aromatic heterocycles. The zero-order chi connectivity index (χ0) is 15.4. The molecule has 0 aliphatic rings. The van der Waals surface area contributed by atoms with Gasteiger partial charge >= 0.3 is 0 Å². The molecule has 0 aliphatic heterocycles. The summed E-state index contributed by atoms with van der Waals surface area (Å²) < 4.78 is 0. The molecule has 0 N–H and O–H groups in total. The predicted molar refractivity (Wildman–Crippen MR) is 98.4 cm³/mol. The van der Waals surface area contributed by atoms with Crippen LogP contribution in [0.4, 0.5) is 0 Å². The topological polar surface area (TPSA) is 0 Å². The van der Waals surface area contributed by atoms with Crippen molar-refractivity contribution in [3.8, 4) is 0 Å². The van der Waals surface area contributed by atoms with E-state index in [4.69, 9.17) is 0 Å². The van der Waals surface area contributed by atoms with Crippen molar-refractivity contribution in [2.75, 3.05) is 0 Å². The third kappa shape index (κ3) is 20.0. The van der Waals surface area contributed by atoms with Gasteiger partial charge in [0.05, 0.1) is 0 Å². The van der Waals surface area contributed by atoms with Gasteiger partial charge in [0.2, 0.25) is 0 Å². The van der Waals surface area contributed by atoms with Crippen molar-refractivity contribution in [3.05, 3.63) is 13.8 Å². The summed E-state index contributed by atoms with van der Waals surface area (Å²) >= 11 is 0. The summed E-state index contributed by atoms with van der Waals surface area (Å²) in [7, 11) is 0. The van der Waals surface area contributed by atoms with Crippen LogP contribution in [0.5, 0.6) is 0 Å². The van der Waals surface area contributed by atoms with Crippen LogP contribution in [0.3, 0.4) is 0 Å². The van der Waals surface area contributed by atoms with Gasteiger partial charge in [-0.3, -0.25) is 0 Å². The van der Waals surface area contributed by atoms with Crippen LogP contribution in [-0.2, 0) is 0 Å². The van der Waals surface area contributed by atoms with Crippen molar-refractivity contribution >= 4 is 0 Å². The molecule has 0 heterocycles. The first-order valence-electron chi connectivity index (χ1n) is 10.00. The Morgan fingerprint density at radius 1 is 0.238 bits per heavy atom. The largest absolute Gasteiger partial charge is 0.0533 e. The Balaban J connectivity index is 2.90. The van der Waals surface area contributed by atoms with E-state index in [-0.39, 0.29) is 0 Å². The molecule has 0 unspecified atom stereocenters. The molecular weight excluding hydrogens is 252 g/mol. The summed E-state index contributed by atoms with van der Waals surface area (Å²) in [5.41, 5.74) is 0. The Hall–Kier alpha value is 0. The minimum absolute atomic E-state index is 1.12. The van der Waals surface area contributed by atoms with Crippen LogP contribution < -0.4 is 0 Å². The lowest BCUT2D eigenvalue weighted by molar-refractivity contribution is 0.526. The molecule has 126 valence electrons. The molecule has 0 bridgehead atoms. The van der Waals surface area contributed by atoms with E-state index in [0.717, 1.165) is 12.8 Å². The molecule has 0 aromatic rings. The van der Waals surface area contributed by atoms with Crippen molar-refractivity contribution in [2.45, 2.75) is 122 Å². The Labute approximate surface area is 136 Å². The van der Waals surface area contributed by atoms with Crippen LogP contribution in [0.1, 0.15) is 122 Å². The molecule has 0 fully saturated rings. The van der Waals surface area contributed by atoms with Crippen molar-refractivity contribution < 1.29 is 0 Å². The van der Waals surface area contributed by atoms with E-state index < -0.39 is 0 Å². The van der Waals surface area contributed by atoms with E-state index in [1.54, 1.807) is 0 Å². The van der Waals surface area contributed by atoms with Gasteiger partial charge in [-0.2, -0.15) is 0 Å². The van der Waals surface area contributed by atoms with E-state index in [9.17, 15) is 0 Å². The molecule has 0 rings (SSSR count). The molecule has 0 nitrogen and oxygen atoms in total. The summed E-state index contributed by atoms with van der Waals surface area (Å²) in [6, 6.07) is 0. The maximum atomic E-state index is 3.89. The van der Waals surface area contributed by atoms with E-state index in [0.29, 0.717) is 0 Å². The standard InChI is InChI=1S/C21H42/c1-3-5-7-9-11-13-15-17-19-21-20-18-16-14-12-10-8-6-4-2/h1-21H2. The minimum atomic E-state index is 1.12. The van der Waals surface area contributed by atoms with Crippen LogP contribution in [0.25, 0.3) is 0 Å². The maximum absolute atomic E-state index is 3.89. The third-order valence-corrected chi connectivity index (χ3v) is 4.50. The average Bonchev–Trinajstić information content (AvgIpc) is 2.50. The Morgan fingerprint density at radius 2 is 0.381 bits per heavy atom. The van der Waals surface area contributed by atoms with E-state index in [1.165, 1.54) is 109 Å². The Kier molecular flexibility index (Phi) is 20.0. The molecule has 21 heavy (non-hydrogen) atoms. The minimum Gasteiger partial charge on any atom is -0.0533 e. The quantitative estimate of drug-likeness (QED) is 0.224. The van der Waals surface area contributed by atoms with Gasteiger partial charge in [0.15, 0.2) is 0 Å². The van der Waals surface area contributed by atoms with Crippen molar-refractivity contribution in [3.63, 3.8) is 0 Å². The molecule has 0 spiro atoms. The highest BCUT2D eigenvalue weighted by molar-refractivity contribution is 4.51. The summed E-state index contributed by atoms with van der Waals surface area (Å²) in [5, 5.41) is 0. The predicted octanol–water partition coefficient (Wildman–Crippen LogP) is 8.07. The zero-order valence-corrected chi connectivity index (χ0v) is 14.8. The number of rotatable bonds is 18. The summed E-state index contributed by atoms with van der Waals surface area (Å²) in [5.74, 6) is 0. The fourth-order valence-electron chi connectivity index (χ4n) is 3.01. The molecule has 0 saturated carbocycles. The maximum Gasteiger partial charge on any atom is -0.0533 e. The fourth-order valence-corrected chi connectivity index (χ4v) is 3.01. The lowest BCUT2D eigenvalue weighted by Crippen LogP contribution is -1.83. The van der Waals surface area contributed by atoms with E-state index >= 15 is 0 Å². The van der Waals surface area contributed by atoms with Gasteiger partial charge < -0.3 is 0 Å². The molecule has 0 amide bonds. The normalized spacial score (nSPS) is 11.1. The number of hydrogen-bond acceptors (Lipinski definition) is 0. The summed E-state index contributed by atoms with van der Waals surface area (Å²) in [6.45, 7) is 7.79. The van der Waals surface area contributed by atoms with Crippen LogP contribution in [-0.4, -0.2) is 0 Å². The van der Waals surface area contributed by atoms with E-state index in [1.807, 2.05) is 0 Å². The SMILES string of the molecule is [CH2]CCCCCCCCCCCCCCCCCCC[CH2]. The summed E-state index contributed by atoms with van der Waals surface area (Å²) in [6.07, 6.45) is 26.7. The Bertz CT molecular complexity index is 143. The first-order valence-corrected chi connectivity index (χ1v) is 10.00.